The molecule has 1 fully saturated rings. The van der Waals surface area contributed by atoms with E-state index in [4.69, 9.17) is 14.2 Å². The Bertz CT molecular complexity index is 1790. The zero-order valence-electron chi connectivity index (χ0n) is 24.4. The lowest BCUT2D eigenvalue weighted by Gasteiger charge is -2.26. The van der Waals surface area contributed by atoms with Crippen LogP contribution in [0.15, 0.2) is 77.7 Å². The van der Waals surface area contributed by atoms with Gasteiger partial charge in [-0.15, -0.1) is 0 Å². The maximum atomic E-state index is 14.5. The molecule has 9 nitrogen and oxygen atoms in total. The Balaban J connectivity index is 1.47. The number of benzene rings is 3. The van der Waals surface area contributed by atoms with Crippen molar-refractivity contribution in [1.82, 2.24) is 9.47 Å². The highest BCUT2D eigenvalue weighted by molar-refractivity contribution is 7.92. The number of halogens is 2. The monoisotopic (exact) mass is 625 g/mol. The molecular weight excluding hydrogens is 592 g/mol. The fourth-order valence-electron chi connectivity index (χ4n) is 4.67. The molecule has 0 saturated carbocycles. The number of hydrogen-bond donors (Lipinski definition) is 1. The lowest BCUT2D eigenvalue weighted by molar-refractivity contribution is 0.0342. The first-order valence-corrected chi connectivity index (χ1v) is 15.7. The summed E-state index contributed by atoms with van der Waals surface area (Å²) in [4.78, 5) is 15.0. The van der Waals surface area contributed by atoms with Crippen molar-refractivity contribution in [3.8, 4) is 28.4 Å². The van der Waals surface area contributed by atoms with Crippen LogP contribution in [0.5, 0.6) is 17.2 Å². The Hall–Kier alpha value is -4.26. The number of anilines is 1. The van der Waals surface area contributed by atoms with Crippen molar-refractivity contribution in [2.24, 2.45) is 7.05 Å². The average Bonchev–Trinajstić information content (AvgIpc) is 3.01. The predicted octanol–water partition coefficient (Wildman–Crippen LogP) is 5.30. The number of sulfonamides is 1. The highest BCUT2D eigenvalue weighted by Gasteiger charge is 2.19. The third-order valence-electron chi connectivity index (χ3n) is 7.15. The van der Waals surface area contributed by atoms with Crippen molar-refractivity contribution in [2.45, 2.75) is 20.1 Å². The van der Waals surface area contributed by atoms with Gasteiger partial charge in [0.2, 0.25) is 10.0 Å². The fourth-order valence-corrected chi connectivity index (χ4v) is 5.31. The number of hydrogen-bond acceptors (Lipinski definition) is 7. The Labute approximate surface area is 254 Å². The van der Waals surface area contributed by atoms with Gasteiger partial charge in [-0.3, -0.25) is 14.4 Å². The summed E-state index contributed by atoms with van der Waals surface area (Å²) >= 11 is 0. The summed E-state index contributed by atoms with van der Waals surface area (Å²) in [5.41, 5.74) is 2.63. The topological polar surface area (TPSA) is 99.1 Å². The van der Waals surface area contributed by atoms with E-state index in [1.807, 2.05) is 24.3 Å². The number of pyridine rings is 1. The van der Waals surface area contributed by atoms with E-state index < -0.39 is 21.7 Å². The van der Waals surface area contributed by atoms with Gasteiger partial charge in [0, 0.05) is 61.8 Å². The van der Waals surface area contributed by atoms with Crippen LogP contribution in [0.25, 0.3) is 11.1 Å². The highest BCUT2D eigenvalue weighted by atomic mass is 32.2. The number of morpholine rings is 1. The summed E-state index contributed by atoms with van der Waals surface area (Å²) < 4.78 is 74.0. The van der Waals surface area contributed by atoms with Crippen molar-refractivity contribution in [2.75, 3.05) is 36.8 Å². The number of nitrogens with one attached hydrogen (secondary N) is 1. The predicted molar refractivity (Wildman–Crippen MR) is 164 cm³/mol. The minimum absolute atomic E-state index is 0.130. The normalized spacial score (nSPS) is 13.9. The minimum atomic E-state index is -3.63. The quantitative estimate of drug-likeness (QED) is 0.242. The Morgan fingerprint density at radius 1 is 0.886 bits per heavy atom. The lowest BCUT2D eigenvalue weighted by atomic mass is 10.0. The molecule has 1 aliphatic rings. The molecule has 2 heterocycles. The van der Waals surface area contributed by atoms with E-state index in [-0.39, 0.29) is 40.9 Å². The molecule has 12 heteroatoms. The summed E-state index contributed by atoms with van der Waals surface area (Å²) in [6.45, 7) is 5.69. The number of aromatic nitrogens is 1. The molecule has 44 heavy (non-hydrogen) atoms. The van der Waals surface area contributed by atoms with Crippen molar-refractivity contribution >= 4 is 15.7 Å². The Morgan fingerprint density at radius 2 is 1.59 bits per heavy atom. The van der Waals surface area contributed by atoms with Crippen LogP contribution in [-0.2, 0) is 35.0 Å². The first-order valence-electron chi connectivity index (χ1n) is 14.1. The molecule has 1 saturated heterocycles. The van der Waals surface area contributed by atoms with Crippen LogP contribution in [0.4, 0.5) is 14.5 Å². The number of ether oxygens (including phenoxy) is 3. The summed E-state index contributed by atoms with van der Waals surface area (Å²) in [5, 5.41) is 0. The van der Waals surface area contributed by atoms with Crippen LogP contribution in [0.2, 0.25) is 0 Å². The SMILES string of the molecule is CCS(=O)(=O)Nc1ccc(Oc2ccc(F)cc2F)c(-c2cn(C)c(=O)cc2OCc2ccc(CN3CCOCC3)cc2)c1. The first-order chi connectivity index (χ1) is 21.1. The van der Waals surface area contributed by atoms with Gasteiger partial charge in [0.25, 0.3) is 5.56 Å². The van der Waals surface area contributed by atoms with E-state index in [1.54, 1.807) is 7.05 Å². The van der Waals surface area contributed by atoms with Gasteiger partial charge in [0.15, 0.2) is 11.6 Å². The van der Waals surface area contributed by atoms with Crippen LogP contribution >= 0.6 is 0 Å². The molecule has 0 unspecified atom stereocenters. The van der Waals surface area contributed by atoms with Crippen LogP contribution in [0, 0.1) is 11.6 Å². The maximum absolute atomic E-state index is 14.5. The summed E-state index contributed by atoms with van der Waals surface area (Å²) in [7, 11) is -2.07. The maximum Gasteiger partial charge on any atom is 0.254 e. The lowest BCUT2D eigenvalue weighted by Crippen LogP contribution is -2.35. The molecule has 0 radical (unpaired) electrons. The van der Waals surface area contributed by atoms with E-state index in [1.165, 1.54) is 42.0 Å². The third kappa shape index (κ3) is 7.81. The van der Waals surface area contributed by atoms with Crippen LogP contribution in [0.1, 0.15) is 18.1 Å². The second-order valence-corrected chi connectivity index (χ2v) is 12.4. The molecule has 1 aromatic heterocycles. The van der Waals surface area contributed by atoms with Gasteiger partial charge in [0.1, 0.15) is 23.9 Å². The molecule has 1 N–H and O–H groups in total. The number of nitrogens with zero attached hydrogens (tertiary/aromatic N) is 2. The Morgan fingerprint density at radius 3 is 2.30 bits per heavy atom. The molecule has 4 aromatic rings. The van der Waals surface area contributed by atoms with Crippen LogP contribution < -0.4 is 19.8 Å². The van der Waals surface area contributed by atoms with E-state index >= 15 is 0 Å². The van der Waals surface area contributed by atoms with E-state index in [9.17, 15) is 22.0 Å². The molecule has 5 rings (SSSR count). The zero-order valence-corrected chi connectivity index (χ0v) is 25.2. The number of aryl methyl sites for hydroxylation is 1. The van der Waals surface area contributed by atoms with Crippen molar-refractivity contribution in [3.05, 3.63) is 106 Å². The smallest absolute Gasteiger partial charge is 0.254 e. The van der Waals surface area contributed by atoms with Gasteiger partial charge >= 0.3 is 0 Å². The van der Waals surface area contributed by atoms with Crippen LogP contribution in [0.3, 0.4) is 0 Å². The molecule has 0 bridgehead atoms. The molecule has 1 aliphatic heterocycles. The van der Waals surface area contributed by atoms with E-state index in [0.29, 0.717) is 17.2 Å². The molecule has 232 valence electrons. The van der Waals surface area contributed by atoms with Gasteiger partial charge in [-0.25, -0.2) is 17.2 Å². The highest BCUT2D eigenvalue weighted by Crippen LogP contribution is 2.40. The molecule has 3 aromatic carbocycles. The molecule has 0 aliphatic carbocycles. The van der Waals surface area contributed by atoms with E-state index in [0.717, 1.165) is 56.1 Å². The molecular formula is C32H33F2N3O6S. The molecule has 0 atom stereocenters. The van der Waals surface area contributed by atoms with Gasteiger partial charge in [-0.2, -0.15) is 0 Å². The van der Waals surface area contributed by atoms with Crippen molar-refractivity contribution < 1.29 is 31.4 Å². The zero-order chi connectivity index (χ0) is 31.3. The van der Waals surface area contributed by atoms with E-state index in [2.05, 4.69) is 9.62 Å². The largest absolute Gasteiger partial charge is 0.488 e. The van der Waals surface area contributed by atoms with Crippen LogP contribution in [-0.4, -0.2) is 49.9 Å². The summed E-state index contributed by atoms with van der Waals surface area (Å²) in [5.74, 6) is -1.72. The summed E-state index contributed by atoms with van der Waals surface area (Å²) in [6, 6.07) is 16.7. The van der Waals surface area contributed by atoms with Gasteiger partial charge < -0.3 is 18.8 Å². The van der Waals surface area contributed by atoms with Gasteiger partial charge in [-0.05, 0) is 48.4 Å². The number of rotatable bonds is 11. The minimum Gasteiger partial charge on any atom is -0.488 e. The third-order valence-corrected chi connectivity index (χ3v) is 8.46. The summed E-state index contributed by atoms with van der Waals surface area (Å²) in [6.07, 6.45) is 1.53. The molecule has 0 spiro atoms. The van der Waals surface area contributed by atoms with Gasteiger partial charge in [-0.1, -0.05) is 24.3 Å². The van der Waals surface area contributed by atoms with Gasteiger partial charge in [0.05, 0.1) is 19.0 Å². The van der Waals surface area contributed by atoms with Crippen molar-refractivity contribution in [3.63, 3.8) is 0 Å². The second-order valence-electron chi connectivity index (χ2n) is 10.4. The Kier molecular flexibility index (Phi) is 9.62. The first kappa shape index (κ1) is 31.2. The second kappa shape index (κ2) is 13.6. The fraction of sp³-hybridized carbons (Fsp3) is 0.281. The standard InChI is InChI=1S/C32H33F2N3O6S/c1-3-44(39,40)35-25-9-11-29(43-30-10-8-24(33)16-28(30)34)26(17-25)27-20-36(2)32(38)18-31(27)42-21-23-6-4-22(5-7-23)19-37-12-14-41-15-13-37/h4-11,16-18,20,35H,3,12-15,19,21H2,1-2H3. The van der Waals surface area contributed by atoms with Crippen molar-refractivity contribution in [1.29, 1.82) is 0 Å². The average molecular weight is 626 g/mol. The molecule has 0 amide bonds.